The second-order valence-electron chi connectivity index (χ2n) is 6.80. The van der Waals surface area contributed by atoms with Gasteiger partial charge in [0.15, 0.2) is 5.65 Å². The summed E-state index contributed by atoms with van der Waals surface area (Å²) in [4.78, 5) is 15.9. The maximum absolute atomic E-state index is 13.0. The van der Waals surface area contributed by atoms with Crippen LogP contribution < -0.4 is 10.2 Å². The van der Waals surface area contributed by atoms with Gasteiger partial charge >= 0.3 is 6.18 Å². The average molecular weight is 423 g/mol. The van der Waals surface area contributed by atoms with E-state index in [1.165, 1.54) is 30.3 Å². The molecule has 3 heterocycles. The molecule has 1 aliphatic heterocycles. The van der Waals surface area contributed by atoms with E-state index in [1.54, 1.807) is 6.07 Å². The summed E-state index contributed by atoms with van der Waals surface area (Å²) in [5.74, 6) is -1.41. The highest BCUT2D eigenvalue weighted by atomic mass is 19.4. The normalized spacial score (nSPS) is 15.5. The Bertz CT molecular complexity index is 1040. The summed E-state index contributed by atoms with van der Waals surface area (Å²) in [6, 6.07) is 8.52. The second kappa shape index (κ2) is 7.86. The van der Waals surface area contributed by atoms with E-state index in [1.807, 2.05) is 9.80 Å². The van der Waals surface area contributed by atoms with Gasteiger partial charge in [-0.2, -0.15) is 17.7 Å². The van der Waals surface area contributed by atoms with Crippen molar-refractivity contribution in [1.82, 2.24) is 24.7 Å². The van der Waals surface area contributed by atoms with E-state index < -0.39 is 12.0 Å². The SMILES string of the molecule is O=C(CN1CCN(c2ccc3nnc(C(F)(F)F)n3n2)CC1)Nc1ccc(F)cc1. The van der Waals surface area contributed by atoms with Gasteiger partial charge in [-0.1, -0.05) is 0 Å². The molecular weight excluding hydrogens is 406 g/mol. The third kappa shape index (κ3) is 4.32. The Balaban J connectivity index is 1.36. The Morgan fingerprint density at radius 2 is 1.70 bits per heavy atom. The van der Waals surface area contributed by atoms with Gasteiger partial charge in [0.2, 0.25) is 5.91 Å². The Hall–Kier alpha value is -3.28. The summed E-state index contributed by atoms with van der Waals surface area (Å²) in [6.45, 7) is 2.20. The fraction of sp³-hybridized carbons (Fsp3) is 0.333. The van der Waals surface area contributed by atoms with Gasteiger partial charge in [0, 0.05) is 31.9 Å². The van der Waals surface area contributed by atoms with E-state index in [2.05, 4.69) is 20.6 Å². The lowest BCUT2D eigenvalue weighted by Gasteiger charge is -2.34. The molecule has 2 aromatic heterocycles. The molecule has 0 radical (unpaired) electrons. The van der Waals surface area contributed by atoms with Crippen LogP contribution in [0, 0.1) is 5.82 Å². The first-order valence-corrected chi connectivity index (χ1v) is 9.12. The molecule has 0 aliphatic carbocycles. The minimum Gasteiger partial charge on any atom is -0.353 e. The summed E-state index contributed by atoms with van der Waals surface area (Å²) in [5, 5.41) is 13.4. The maximum Gasteiger partial charge on any atom is 0.453 e. The minimum atomic E-state index is -4.65. The number of fused-ring (bicyclic) bond motifs is 1. The molecule has 8 nitrogen and oxygen atoms in total. The van der Waals surface area contributed by atoms with Gasteiger partial charge in [-0.25, -0.2) is 4.39 Å². The zero-order valence-electron chi connectivity index (χ0n) is 15.6. The van der Waals surface area contributed by atoms with Gasteiger partial charge in [0.1, 0.15) is 11.6 Å². The van der Waals surface area contributed by atoms with Crippen LogP contribution in [0.25, 0.3) is 5.65 Å². The minimum absolute atomic E-state index is 0.0159. The van der Waals surface area contributed by atoms with Gasteiger partial charge < -0.3 is 10.2 Å². The molecule has 30 heavy (non-hydrogen) atoms. The summed E-state index contributed by atoms with van der Waals surface area (Å²) >= 11 is 0. The number of hydrogen-bond acceptors (Lipinski definition) is 6. The zero-order chi connectivity index (χ0) is 21.3. The summed E-state index contributed by atoms with van der Waals surface area (Å²) in [5.41, 5.74) is 0.522. The van der Waals surface area contributed by atoms with Crippen molar-refractivity contribution in [1.29, 1.82) is 0 Å². The number of aromatic nitrogens is 4. The topological polar surface area (TPSA) is 78.7 Å². The van der Waals surface area contributed by atoms with Crippen LogP contribution >= 0.6 is 0 Å². The van der Waals surface area contributed by atoms with Crippen molar-refractivity contribution in [2.24, 2.45) is 0 Å². The smallest absolute Gasteiger partial charge is 0.353 e. The predicted octanol–water partition coefficient (Wildman–Crippen LogP) is 2.04. The van der Waals surface area contributed by atoms with E-state index in [9.17, 15) is 22.4 Å². The van der Waals surface area contributed by atoms with Crippen molar-refractivity contribution in [2.45, 2.75) is 6.18 Å². The highest BCUT2D eigenvalue weighted by Gasteiger charge is 2.37. The summed E-state index contributed by atoms with van der Waals surface area (Å²) in [7, 11) is 0. The van der Waals surface area contributed by atoms with Gasteiger partial charge in [0.25, 0.3) is 5.82 Å². The number of nitrogens with one attached hydrogen (secondary N) is 1. The fourth-order valence-corrected chi connectivity index (χ4v) is 3.20. The van der Waals surface area contributed by atoms with E-state index >= 15 is 0 Å². The largest absolute Gasteiger partial charge is 0.453 e. The molecule has 0 bridgehead atoms. The Morgan fingerprint density at radius 3 is 2.37 bits per heavy atom. The monoisotopic (exact) mass is 423 g/mol. The van der Waals surface area contributed by atoms with Gasteiger partial charge in [-0.15, -0.1) is 15.3 Å². The third-order valence-electron chi connectivity index (χ3n) is 4.69. The van der Waals surface area contributed by atoms with Crippen molar-refractivity contribution in [3.63, 3.8) is 0 Å². The quantitative estimate of drug-likeness (QED) is 0.648. The molecule has 1 aromatic carbocycles. The Morgan fingerprint density at radius 1 is 1.00 bits per heavy atom. The number of benzene rings is 1. The van der Waals surface area contributed by atoms with Crippen molar-refractivity contribution in [3.8, 4) is 0 Å². The first-order chi connectivity index (χ1) is 14.3. The maximum atomic E-state index is 13.0. The number of anilines is 2. The third-order valence-corrected chi connectivity index (χ3v) is 4.69. The van der Waals surface area contributed by atoms with Crippen molar-refractivity contribution < 1.29 is 22.4 Å². The summed E-state index contributed by atoms with van der Waals surface area (Å²) < 4.78 is 52.7. The number of carbonyl (C=O) groups excluding carboxylic acids is 1. The molecule has 1 N–H and O–H groups in total. The molecule has 1 fully saturated rings. The number of nitrogens with zero attached hydrogens (tertiary/aromatic N) is 6. The number of halogens is 4. The van der Waals surface area contributed by atoms with Gasteiger partial charge in [-0.05, 0) is 36.4 Å². The average Bonchev–Trinajstić information content (AvgIpc) is 3.14. The number of carbonyl (C=O) groups is 1. The van der Waals surface area contributed by atoms with E-state index in [0.717, 1.165) is 0 Å². The van der Waals surface area contributed by atoms with Gasteiger partial charge in [-0.3, -0.25) is 9.69 Å². The first kappa shape index (κ1) is 20.0. The second-order valence-corrected chi connectivity index (χ2v) is 6.80. The van der Waals surface area contributed by atoms with Crippen LogP contribution in [-0.4, -0.2) is 63.3 Å². The number of rotatable bonds is 4. The van der Waals surface area contributed by atoms with E-state index in [4.69, 9.17) is 0 Å². The molecule has 1 amide bonds. The highest BCUT2D eigenvalue weighted by Crippen LogP contribution is 2.28. The molecule has 4 rings (SSSR count). The van der Waals surface area contributed by atoms with Crippen LogP contribution in [0.3, 0.4) is 0 Å². The fourth-order valence-electron chi connectivity index (χ4n) is 3.20. The molecule has 0 spiro atoms. The molecular formula is C18H17F4N7O. The molecule has 158 valence electrons. The van der Waals surface area contributed by atoms with Gasteiger partial charge in [0.05, 0.1) is 6.54 Å². The molecule has 0 unspecified atom stereocenters. The van der Waals surface area contributed by atoms with Crippen LogP contribution in [-0.2, 0) is 11.0 Å². The van der Waals surface area contributed by atoms with Crippen LogP contribution in [0.1, 0.15) is 5.82 Å². The Labute approximate surface area is 168 Å². The number of hydrogen-bond donors (Lipinski definition) is 1. The number of alkyl halides is 3. The predicted molar refractivity (Wildman–Crippen MR) is 99.5 cm³/mol. The first-order valence-electron chi connectivity index (χ1n) is 9.12. The zero-order valence-corrected chi connectivity index (χ0v) is 15.6. The molecule has 0 atom stereocenters. The molecule has 1 saturated heterocycles. The van der Waals surface area contributed by atoms with Crippen molar-refractivity contribution in [2.75, 3.05) is 42.9 Å². The van der Waals surface area contributed by atoms with Crippen LogP contribution in [0.15, 0.2) is 36.4 Å². The molecule has 12 heteroatoms. The lowest BCUT2D eigenvalue weighted by Crippen LogP contribution is -2.49. The van der Waals surface area contributed by atoms with Crippen LogP contribution in [0.2, 0.25) is 0 Å². The lowest BCUT2D eigenvalue weighted by atomic mass is 10.3. The lowest BCUT2D eigenvalue weighted by molar-refractivity contribution is -0.146. The van der Waals surface area contributed by atoms with Crippen molar-refractivity contribution >= 4 is 23.1 Å². The Kier molecular flexibility index (Phi) is 5.24. The summed E-state index contributed by atoms with van der Waals surface area (Å²) in [6.07, 6.45) is -4.65. The van der Waals surface area contributed by atoms with Crippen LogP contribution in [0.4, 0.5) is 29.1 Å². The van der Waals surface area contributed by atoms with E-state index in [0.29, 0.717) is 42.2 Å². The van der Waals surface area contributed by atoms with Crippen molar-refractivity contribution in [3.05, 3.63) is 48.0 Å². The van der Waals surface area contributed by atoms with E-state index in [-0.39, 0.29) is 23.9 Å². The number of piperazine rings is 1. The molecule has 1 aliphatic rings. The highest BCUT2D eigenvalue weighted by molar-refractivity contribution is 5.92. The van der Waals surface area contributed by atoms with Crippen LogP contribution in [0.5, 0.6) is 0 Å². The standard InChI is InChI=1S/C18H17F4N7O/c19-12-1-3-13(4-2-12)23-16(30)11-27-7-9-28(10-8-27)15-6-5-14-24-25-17(18(20,21)22)29(14)26-15/h1-6H,7-11H2,(H,23,30). The number of amides is 1. The molecule has 3 aromatic rings. The molecule has 0 saturated carbocycles.